The van der Waals surface area contributed by atoms with Crippen LogP contribution in [-0.4, -0.2) is 29.1 Å². The van der Waals surface area contributed by atoms with Crippen molar-refractivity contribution in [2.24, 2.45) is 5.41 Å². The monoisotopic (exact) mass is 354 g/mol. The fourth-order valence-electron chi connectivity index (χ4n) is 2.87. The van der Waals surface area contributed by atoms with E-state index < -0.39 is 5.97 Å². The van der Waals surface area contributed by atoms with Gasteiger partial charge in [0.2, 0.25) is 0 Å². The largest absolute Gasteiger partial charge is 0.481 e. The molecule has 2 rings (SSSR count). The fourth-order valence-corrected chi connectivity index (χ4v) is 3.45. The van der Waals surface area contributed by atoms with Crippen molar-refractivity contribution in [1.29, 1.82) is 0 Å². The van der Waals surface area contributed by atoms with Gasteiger partial charge in [-0.15, -0.1) is 0 Å². The van der Waals surface area contributed by atoms with Gasteiger partial charge in [0.25, 0.3) is 0 Å². The average molecular weight is 355 g/mol. The van der Waals surface area contributed by atoms with E-state index in [-0.39, 0.29) is 6.42 Å². The first-order valence-electron chi connectivity index (χ1n) is 7.33. The first-order chi connectivity index (χ1) is 9.71. The number of hydrogen-bond donors (Lipinski definition) is 1. The highest BCUT2D eigenvalue weighted by Gasteiger charge is 2.29. The van der Waals surface area contributed by atoms with E-state index in [9.17, 15) is 9.90 Å². The van der Waals surface area contributed by atoms with Gasteiger partial charge in [0, 0.05) is 24.3 Å². The van der Waals surface area contributed by atoms with E-state index in [0.29, 0.717) is 5.41 Å². The van der Waals surface area contributed by atoms with E-state index in [1.807, 2.05) is 13.8 Å². The Morgan fingerprint density at radius 2 is 1.86 bits per heavy atom. The molecule has 0 saturated carbocycles. The molecule has 116 valence electrons. The van der Waals surface area contributed by atoms with Gasteiger partial charge in [0.05, 0.1) is 22.3 Å². The minimum absolute atomic E-state index is 0.0208. The molecule has 5 heteroatoms. The molecule has 1 saturated heterocycles. The second-order valence-electron chi connectivity index (χ2n) is 6.65. The van der Waals surface area contributed by atoms with Crippen LogP contribution in [0.1, 0.15) is 43.6 Å². The van der Waals surface area contributed by atoms with Crippen LogP contribution in [-0.2, 0) is 11.2 Å². The van der Waals surface area contributed by atoms with Gasteiger partial charge in [0.1, 0.15) is 0 Å². The molecule has 1 aromatic rings. The molecule has 2 heterocycles. The number of aliphatic carboxylic acids is 1. The van der Waals surface area contributed by atoms with Gasteiger partial charge < -0.3 is 10.0 Å². The first-order valence-corrected chi connectivity index (χ1v) is 8.13. The van der Waals surface area contributed by atoms with Crippen molar-refractivity contribution in [2.45, 2.75) is 47.0 Å². The number of nitrogens with zero attached hydrogens (tertiary/aromatic N) is 2. The van der Waals surface area contributed by atoms with Gasteiger partial charge in [-0.3, -0.25) is 9.78 Å². The summed E-state index contributed by atoms with van der Waals surface area (Å²) in [6, 6.07) is 0. The minimum Gasteiger partial charge on any atom is -0.481 e. The third-order valence-corrected chi connectivity index (χ3v) is 5.29. The van der Waals surface area contributed by atoms with Crippen molar-refractivity contribution in [2.75, 3.05) is 18.0 Å². The topological polar surface area (TPSA) is 53.4 Å². The zero-order valence-electron chi connectivity index (χ0n) is 13.2. The molecule has 0 atom stereocenters. The highest BCUT2D eigenvalue weighted by molar-refractivity contribution is 9.10. The van der Waals surface area contributed by atoms with Crippen molar-refractivity contribution in [3.8, 4) is 0 Å². The minimum atomic E-state index is -0.811. The van der Waals surface area contributed by atoms with Gasteiger partial charge >= 0.3 is 5.97 Å². The van der Waals surface area contributed by atoms with Crippen molar-refractivity contribution >= 4 is 27.6 Å². The molecular weight excluding hydrogens is 332 g/mol. The van der Waals surface area contributed by atoms with Crippen molar-refractivity contribution in [1.82, 2.24) is 4.98 Å². The summed E-state index contributed by atoms with van der Waals surface area (Å²) in [6.07, 6.45) is 2.26. The molecule has 0 radical (unpaired) electrons. The number of carboxylic acids is 1. The molecule has 1 N–H and O–H groups in total. The Kier molecular flexibility index (Phi) is 4.61. The number of carboxylic acid groups (broad SMARTS) is 1. The Morgan fingerprint density at radius 1 is 1.29 bits per heavy atom. The number of carbonyl (C=O) groups is 1. The van der Waals surface area contributed by atoms with Crippen LogP contribution < -0.4 is 4.90 Å². The third-order valence-electron chi connectivity index (χ3n) is 4.34. The standard InChI is InChI=1S/C16H23BrN2O2/c1-10-12(9-13(20)21)15(14(17)11(2)18-10)19-7-5-16(3,4)6-8-19/h5-9H2,1-4H3,(H,20,21). The van der Waals surface area contributed by atoms with Crippen LogP contribution in [0, 0.1) is 19.3 Å². The predicted molar refractivity (Wildman–Crippen MR) is 88.0 cm³/mol. The number of pyridine rings is 1. The predicted octanol–water partition coefficient (Wildman–Crippen LogP) is 3.71. The molecule has 1 aliphatic rings. The molecule has 1 aliphatic heterocycles. The highest BCUT2D eigenvalue weighted by atomic mass is 79.9. The SMILES string of the molecule is Cc1nc(C)c(CC(=O)O)c(N2CCC(C)(C)CC2)c1Br. The van der Waals surface area contributed by atoms with Crippen molar-refractivity contribution < 1.29 is 9.90 Å². The van der Waals surface area contributed by atoms with E-state index in [4.69, 9.17) is 0 Å². The van der Waals surface area contributed by atoms with Gasteiger partial charge in [-0.25, -0.2) is 0 Å². The quantitative estimate of drug-likeness (QED) is 0.898. The van der Waals surface area contributed by atoms with Crippen LogP contribution in [0.3, 0.4) is 0 Å². The Morgan fingerprint density at radius 3 is 2.38 bits per heavy atom. The summed E-state index contributed by atoms with van der Waals surface area (Å²) in [6.45, 7) is 10.4. The van der Waals surface area contributed by atoms with Crippen LogP contribution in [0.4, 0.5) is 5.69 Å². The molecule has 0 aromatic carbocycles. The molecule has 0 unspecified atom stereocenters. The molecule has 4 nitrogen and oxygen atoms in total. The number of rotatable bonds is 3. The van der Waals surface area contributed by atoms with Crippen LogP contribution in [0.25, 0.3) is 0 Å². The smallest absolute Gasteiger partial charge is 0.307 e. The summed E-state index contributed by atoms with van der Waals surface area (Å²) >= 11 is 3.62. The Labute approximate surface area is 134 Å². The summed E-state index contributed by atoms with van der Waals surface area (Å²) in [5.74, 6) is -0.811. The van der Waals surface area contributed by atoms with Gasteiger partial charge in [-0.1, -0.05) is 13.8 Å². The van der Waals surface area contributed by atoms with E-state index in [1.54, 1.807) is 0 Å². The third kappa shape index (κ3) is 3.57. The highest BCUT2D eigenvalue weighted by Crippen LogP contribution is 2.39. The number of anilines is 1. The molecular formula is C16H23BrN2O2. The molecule has 0 bridgehead atoms. The summed E-state index contributed by atoms with van der Waals surface area (Å²) < 4.78 is 0.934. The Bertz CT molecular complexity index is 560. The molecule has 1 aromatic heterocycles. The van der Waals surface area contributed by atoms with E-state index in [2.05, 4.69) is 39.7 Å². The van der Waals surface area contributed by atoms with Gasteiger partial charge in [-0.2, -0.15) is 0 Å². The lowest BCUT2D eigenvalue weighted by Crippen LogP contribution is -2.38. The summed E-state index contributed by atoms with van der Waals surface area (Å²) in [5.41, 5.74) is 3.96. The normalized spacial score (nSPS) is 17.9. The zero-order valence-corrected chi connectivity index (χ0v) is 14.7. The molecule has 1 fully saturated rings. The summed E-state index contributed by atoms with van der Waals surface area (Å²) in [7, 11) is 0. The maximum atomic E-state index is 11.2. The van der Waals surface area contributed by atoms with Crippen LogP contribution in [0.5, 0.6) is 0 Å². The lowest BCUT2D eigenvalue weighted by atomic mass is 9.82. The zero-order chi connectivity index (χ0) is 15.8. The summed E-state index contributed by atoms with van der Waals surface area (Å²) in [5, 5.41) is 9.20. The van der Waals surface area contributed by atoms with Gasteiger partial charge in [0.15, 0.2) is 0 Å². The molecule has 21 heavy (non-hydrogen) atoms. The van der Waals surface area contributed by atoms with Crippen LogP contribution in [0.15, 0.2) is 4.47 Å². The lowest BCUT2D eigenvalue weighted by molar-refractivity contribution is -0.136. The van der Waals surface area contributed by atoms with E-state index in [0.717, 1.165) is 53.0 Å². The Balaban J connectivity index is 2.43. The second kappa shape index (κ2) is 5.95. The van der Waals surface area contributed by atoms with Gasteiger partial charge in [-0.05, 0) is 48.0 Å². The van der Waals surface area contributed by atoms with Crippen molar-refractivity contribution in [3.05, 3.63) is 21.4 Å². The number of piperidine rings is 1. The molecule has 0 amide bonds. The number of aromatic nitrogens is 1. The second-order valence-corrected chi connectivity index (χ2v) is 7.44. The van der Waals surface area contributed by atoms with Crippen molar-refractivity contribution in [3.63, 3.8) is 0 Å². The average Bonchev–Trinajstić information content (AvgIpc) is 2.37. The van der Waals surface area contributed by atoms with Crippen LogP contribution in [0.2, 0.25) is 0 Å². The van der Waals surface area contributed by atoms with Crippen LogP contribution >= 0.6 is 15.9 Å². The first kappa shape index (κ1) is 16.3. The van der Waals surface area contributed by atoms with E-state index >= 15 is 0 Å². The lowest BCUT2D eigenvalue weighted by Gasteiger charge is -2.39. The fraction of sp³-hybridized carbons (Fsp3) is 0.625. The summed E-state index contributed by atoms with van der Waals surface area (Å²) in [4.78, 5) is 18.0. The number of aryl methyl sites for hydroxylation is 2. The number of halogens is 1. The molecule has 0 spiro atoms. The number of hydrogen-bond acceptors (Lipinski definition) is 3. The van der Waals surface area contributed by atoms with E-state index in [1.165, 1.54) is 0 Å². The maximum absolute atomic E-state index is 11.2. The molecule has 0 aliphatic carbocycles. The maximum Gasteiger partial charge on any atom is 0.307 e. The Hall–Kier alpha value is -1.10.